The molecule has 5 nitrogen and oxygen atoms in total. The van der Waals surface area contributed by atoms with E-state index in [-0.39, 0.29) is 12.1 Å². The number of hydrazine groups is 1. The number of rotatable bonds is 5. The Bertz CT molecular complexity index is 427. The van der Waals surface area contributed by atoms with Crippen LogP contribution in [0.4, 0.5) is 0 Å². The van der Waals surface area contributed by atoms with Crippen LogP contribution in [0.2, 0.25) is 0 Å². The summed E-state index contributed by atoms with van der Waals surface area (Å²) in [6.07, 6.45) is 9.60. The van der Waals surface area contributed by atoms with Gasteiger partial charge in [-0.05, 0) is 32.3 Å². The Morgan fingerprint density at radius 2 is 2.25 bits per heavy atom. The van der Waals surface area contributed by atoms with Gasteiger partial charge in [-0.2, -0.15) is 5.10 Å². The summed E-state index contributed by atoms with van der Waals surface area (Å²) < 4.78 is 7.81. The van der Waals surface area contributed by atoms with Gasteiger partial charge in [-0.15, -0.1) is 0 Å². The molecule has 0 amide bonds. The number of nitrogens with zero attached hydrogens (tertiary/aromatic N) is 2. The van der Waals surface area contributed by atoms with E-state index in [0.717, 1.165) is 25.1 Å². The quantitative estimate of drug-likeness (QED) is 0.637. The summed E-state index contributed by atoms with van der Waals surface area (Å²) in [6.45, 7) is 2.99. The lowest BCUT2D eigenvalue weighted by Crippen LogP contribution is -2.44. The summed E-state index contributed by atoms with van der Waals surface area (Å²) >= 11 is 0. The monoisotopic (exact) mass is 278 g/mol. The molecule has 1 aliphatic carbocycles. The van der Waals surface area contributed by atoms with E-state index in [0.29, 0.717) is 12.0 Å². The summed E-state index contributed by atoms with van der Waals surface area (Å²) in [5, 5.41) is 4.76. The number of nitrogens with one attached hydrogen (secondary N) is 1. The molecule has 3 atom stereocenters. The smallest absolute Gasteiger partial charge is 0.0640 e. The largest absolute Gasteiger partial charge is 0.378 e. The van der Waals surface area contributed by atoms with Crippen molar-refractivity contribution in [2.75, 3.05) is 6.61 Å². The van der Waals surface area contributed by atoms with E-state index in [1.54, 1.807) is 0 Å². The van der Waals surface area contributed by atoms with Gasteiger partial charge in [-0.25, -0.2) is 0 Å². The number of ether oxygens (including phenoxy) is 1. The third-order valence-corrected chi connectivity index (χ3v) is 4.96. The molecular formula is C15H26N4O. The Kier molecular flexibility index (Phi) is 4.38. The number of aromatic nitrogens is 2. The molecular weight excluding hydrogens is 252 g/mol. The Hall–Kier alpha value is -0.910. The van der Waals surface area contributed by atoms with Crippen LogP contribution in [0.5, 0.6) is 0 Å². The fourth-order valence-electron chi connectivity index (χ4n) is 3.69. The van der Waals surface area contributed by atoms with Crippen molar-refractivity contribution >= 4 is 0 Å². The second-order valence-electron chi connectivity index (χ2n) is 6.23. The molecule has 2 aliphatic rings. The van der Waals surface area contributed by atoms with Crippen LogP contribution in [-0.4, -0.2) is 28.5 Å². The number of hydrogen-bond donors (Lipinski definition) is 2. The molecule has 112 valence electrons. The van der Waals surface area contributed by atoms with Gasteiger partial charge in [0.2, 0.25) is 0 Å². The average Bonchev–Trinajstić information content (AvgIpc) is 3.17. The molecule has 20 heavy (non-hydrogen) atoms. The Morgan fingerprint density at radius 3 is 2.90 bits per heavy atom. The number of hydrogen-bond acceptors (Lipinski definition) is 4. The van der Waals surface area contributed by atoms with E-state index in [2.05, 4.69) is 29.3 Å². The molecule has 5 heteroatoms. The number of nitrogens with two attached hydrogens (primary N) is 1. The van der Waals surface area contributed by atoms with E-state index < -0.39 is 0 Å². The standard InChI is InChI=1S/C15H26N4O/c1-11-14(7-9-20-11)15(17-16)10-12-6-8-19(18-12)13-4-2-3-5-13/h6,8,11,13-15,17H,2-5,7,9-10,16H2,1H3. The van der Waals surface area contributed by atoms with Gasteiger partial charge in [0.1, 0.15) is 0 Å². The summed E-state index contributed by atoms with van der Waals surface area (Å²) in [7, 11) is 0. The lowest BCUT2D eigenvalue weighted by Gasteiger charge is -2.24. The van der Waals surface area contributed by atoms with Crippen molar-refractivity contribution < 1.29 is 4.74 Å². The van der Waals surface area contributed by atoms with Crippen molar-refractivity contribution in [1.82, 2.24) is 15.2 Å². The molecule has 3 N–H and O–H groups in total. The summed E-state index contributed by atoms with van der Waals surface area (Å²) in [4.78, 5) is 0. The predicted octanol–water partition coefficient (Wildman–Crippen LogP) is 1.80. The molecule has 2 fully saturated rings. The molecule has 1 aromatic rings. The van der Waals surface area contributed by atoms with Crippen LogP contribution in [0.25, 0.3) is 0 Å². The van der Waals surface area contributed by atoms with Crippen LogP contribution in [0.3, 0.4) is 0 Å². The molecule has 2 heterocycles. The van der Waals surface area contributed by atoms with E-state index in [1.807, 2.05) is 0 Å². The zero-order chi connectivity index (χ0) is 13.9. The Labute approximate surface area is 120 Å². The summed E-state index contributed by atoms with van der Waals surface area (Å²) in [5.74, 6) is 6.23. The van der Waals surface area contributed by atoms with Crippen LogP contribution in [0, 0.1) is 5.92 Å². The first-order valence-corrected chi connectivity index (χ1v) is 7.89. The second-order valence-corrected chi connectivity index (χ2v) is 6.23. The molecule has 1 aromatic heterocycles. The highest BCUT2D eigenvalue weighted by molar-refractivity contribution is 5.04. The molecule has 3 rings (SSSR count). The second kappa shape index (κ2) is 6.24. The minimum absolute atomic E-state index is 0.249. The van der Waals surface area contributed by atoms with Crippen molar-refractivity contribution in [2.45, 2.75) is 63.6 Å². The zero-order valence-electron chi connectivity index (χ0n) is 12.3. The van der Waals surface area contributed by atoms with Gasteiger partial charge in [0, 0.05) is 31.2 Å². The van der Waals surface area contributed by atoms with Crippen molar-refractivity contribution in [2.24, 2.45) is 11.8 Å². The van der Waals surface area contributed by atoms with Crippen LogP contribution in [0.15, 0.2) is 12.3 Å². The van der Waals surface area contributed by atoms with E-state index in [9.17, 15) is 0 Å². The van der Waals surface area contributed by atoms with Gasteiger partial charge in [0.05, 0.1) is 17.8 Å². The summed E-state index contributed by atoms with van der Waals surface area (Å²) in [6, 6.07) is 3.00. The van der Waals surface area contributed by atoms with Crippen LogP contribution in [-0.2, 0) is 11.2 Å². The van der Waals surface area contributed by atoms with Gasteiger partial charge in [0.15, 0.2) is 0 Å². The van der Waals surface area contributed by atoms with E-state index in [4.69, 9.17) is 15.7 Å². The van der Waals surface area contributed by atoms with Gasteiger partial charge in [0.25, 0.3) is 0 Å². The fourth-order valence-corrected chi connectivity index (χ4v) is 3.69. The minimum atomic E-state index is 0.249. The third kappa shape index (κ3) is 2.90. The maximum Gasteiger partial charge on any atom is 0.0640 e. The molecule has 0 aromatic carbocycles. The van der Waals surface area contributed by atoms with E-state index >= 15 is 0 Å². The van der Waals surface area contributed by atoms with Gasteiger partial charge in [-0.1, -0.05) is 12.8 Å². The first-order valence-electron chi connectivity index (χ1n) is 7.89. The molecule has 1 aliphatic heterocycles. The maximum atomic E-state index is 5.75. The highest BCUT2D eigenvalue weighted by Gasteiger charge is 2.31. The highest BCUT2D eigenvalue weighted by Crippen LogP contribution is 2.29. The van der Waals surface area contributed by atoms with Crippen LogP contribution < -0.4 is 11.3 Å². The molecule has 1 saturated heterocycles. The fraction of sp³-hybridized carbons (Fsp3) is 0.800. The maximum absolute atomic E-state index is 5.75. The van der Waals surface area contributed by atoms with Crippen molar-refractivity contribution in [3.8, 4) is 0 Å². The first kappa shape index (κ1) is 14.0. The van der Waals surface area contributed by atoms with Crippen LogP contribution >= 0.6 is 0 Å². The topological polar surface area (TPSA) is 65.1 Å². The van der Waals surface area contributed by atoms with Gasteiger partial charge < -0.3 is 4.74 Å². The van der Waals surface area contributed by atoms with Gasteiger partial charge >= 0.3 is 0 Å². The lowest BCUT2D eigenvalue weighted by molar-refractivity contribution is 0.0952. The van der Waals surface area contributed by atoms with Crippen molar-refractivity contribution in [1.29, 1.82) is 0 Å². The van der Waals surface area contributed by atoms with Crippen molar-refractivity contribution in [3.63, 3.8) is 0 Å². The highest BCUT2D eigenvalue weighted by atomic mass is 16.5. The van der Waals surface area contributed by atoms with E-state index in [1.165, 1.54) is 25.7 Å². The summed E-state index contributed by atoms with van der Waals surface area (Å²) in [5.41, 5.74) is 4.11. The zero-order valence-corrected chi connectivity index (χ0v) is 12.3. The van der Waals surface area contributed by atoms with Crippen LogP contribution in [0.1, 0.15) is 50.8 Å². The average molecular weight is 278 g/mol. The Morgan fingerprint density at radius 1 is 1.45 bits per heavy atom. The van der Waals surface area contributed by atoms with Gasteiger partial charge in [-0.3, -0.25) is 16.0 Å². The predicted molar refractivity (Wildman–Crippen MR) is 78.1 cm³/mol. The lowest BCUT2D eigenvalue weighted by atomic mass is 9.91. The first-order chi connectivity index (χ1) is 9.78. The Balaban J connectivity index is 1.63. The minimum Gasteiger partial charge on any atom is -0.378 e. The molecule has 0 spiro atoms. The normalized spacial score (nSPS) is 29.1. The molecule has 3 unspecified atom stereocenters. The van der Waals surface area contributed by atoms with Crippen molar-refractivity contribution in [3.05, 3.63) is 18.0 Å². The molecule has 0 bridgehead atoms. The SMILES string of the molecule is CC1OCCC1C(Cc1ccn(C2CCCC2)n1)NN. The third-order valence-electron chi connectivity index (χ3n) is 4.96. The molecule has 1 saturated carbocycles. The molecule has 0 radical (unpaired) electrons.